The number of nitrogens with zero attached hydrogens (tertiary/aromatic N) is 1. The normalized spacial score (nSPS) is 14.2. The second-order valence-corrected chi connectivity index (χ2v) is 12.5. The van der Waals surface area contributed by atoms with E-state index in [1.165, 1.54) is 44.9 Å². The van der Waals surface area contributed by atoms with E-state index in [1.807, 2.05) is 21.1 Å². The van der Waals surface area contributed by atoms with Gasteiger partial charge in [0.25, 0.3) is 7.82 Å². The Bertz CT molecular complexity index is 653. The highest BCUT2D eigenvalue weighted by Crippen LogP contribution is 2.38. The van der Waals surface area contributed by atoms with E-state index < -0.39 is 32.5 Å². The highest BCUT2D eigenvalue weighted by atomic mass is 31.2. The van der Waals surface area contributed by atoms with Crippen LogP contribution < -0.4 is 4.89 Å². The maximum Gasteiger partial charge on any atom is 0.306 e. The van der Waals surface area contributed by atoms with Gasteiger partial charge in [0.1, 0.15) is 19.8 Å². The summed E-state index contributed by atoms with van der Waals surface area (Å²) in [6, 6.07) is 0. The van der Waals surface area contributed by atoms with Crippen LogP contribution in [0.4, 0.5) is 0 Å². The first-order chi connectivity index (χ1) is 18.0. The summed E-state index contributed by atoms with van der Waals surface area (Å²) in [4.78, 5) is 36.7. The number of quaternary nitrogens is 1. The number of hydrogen-bond donors (Lipinski definition) is 0. The Morgan fingerprint density at radius 3 is 1.68 bits per heavy atom. The third kappa shape index (κ3) is 25.3. The van der Waals surface area contributed by atoms with Crippen LogP contribution in [-0.4, -0.2) is 70.0 Å². The van der Waals surface area contributed by atoms with Crippen LogP contribution in [0.1, 0.15) is 117 Å². The summed E-state index contributed by atoms with van der Waals surface area (Å²) < 4.78 is 33.3. The Labute approximate surface area is 232 Å². The molecule has 0 heterocycles. The molecule has 226 valence electrons. The number of carbonyl (C=O) groups excluding carboxylic acids is 2. The van der Waals surface area contributed by atoms with Crippen molar-refractivity contribution in [1.82, 2.24) is 0 Å². The fourth-order valence-electron chi connectivity index (χ4n) is 3.71. The number of carbonyl (C=O) groups is 2. The summed E-state index contributed by atoms with van der Waals surface area (Å²) in [6.07, 6.45) is 14.6. The molecule has 0 aliphatic rings. The van der Waals surface area contributed by atoms with Gasteiger partial charge in [-0.25, -0.2) is 0 Å². The zero-order chi connectivity index (χ0) is 28.7. The molecule has 0 fully saturated rings. The van der Waals surface area contributed by atoms with Gasteiger partial charge in [-0.05, 0) is 12.8 Å². The van der Waals surface area contributed by atoms with Crippen LogP contribution in [0.2, 0.25) is 0 Å². The second-order valence-electron chi connectivity index (χ2n) is 11.1. The molecule has 0 aromatic rings. The molecule has 2 atom stereocenters. The zero-order valence-electron chi connectivity index (χ0n) is 24.9. The molecule has 0 amide bonds. The van der Waals surface area contributed by atoms with E-state index in [0.29, 0.717) is 17.4 Å². The zero-order valence-corrected chi connectivity index (χ0v) is 25.8. The number of likely N-dealkylation sites (N-methyl/N-ethyl adjacent to an activating group) is 1. The summed E-state index contributed by atoms with van der Waals surface area (Å²) in [7, 11) is 1.17. The van der Waals surface area contributed by atoms with E-state index in [0.717, 1.165) is 38.5 Å². The lowest BCUT2D eigenvalue weighted by molar-refractivity contribution is -0.870. The minimum atomic E-state index is -4.59. The third-order valence-corrected chi connectivity index (χ3v) is 7.09. The summed E-state index contributed by atoms with van der Waals surface area (Å²) in [5.74, 6) is -0.849. The van der Waals surface area contributed by atoms with Crippen LogP contribution in [-0.2, 0) is 32.7 Å². The van der Waals surface area contributed by atoms with E-state index in [2.05, 4.69) is 13.8 Å². The standard InChI is InChI=1S/C28H56NO8P/c1-6-8-10-12-14-16-18-20-27(30)34-24-26(25-36-38(32,33)35-23-22-29(3,4)5)37-28(31)21-19-17-15-13-11-9-7-2/h26H,6-25H2,1-5H3/t26-/m1/s1. The summed E-state index contributed by atoms with van der Waals surface area (Å²) in [5, 5.41) is 0. The number of rotatable bonds is 26. The minimum Gasteiger partial charge on any atom is -0.756 e. The van der Waals surface area contributed by atoms with Crippen molar-refractivity contribution in [2.75, 3.05) is 47.5 Å². The van der Waals surface area contributed by atoms with Crippen LogP contribution >= 0.6 is 7.82 Å². The van der Waals surface area contributed by atoms with Gasteiger partial charge in [-0.3, -0.25) is 14.2 Å². The van der Waals surface area contributed by atoms with Gasteiger partial charge in [-0.15, -0.1) is 0 Å². The highest BCUT2D eigenvalue weighted by molar-refractivity contribution is 7.45. The van der Waals surface area contributed by atoms with Gasteiger partial charge in [-0.1, -0.05) is 90.9 Å². The van der Waals surface area contributed by atoms with Gasteiger partial charge in [0.2, 0.25) is 0 Å². The molecule has 9 nitrogen and oxygen atoms in total. The fourth-order valence-corrected chi connectivity index (χ4v) is 4.44. The van der Waals surface area contributed by atoms with Crippen LogP contribution in [0.5, 0.6) is 0 Å². The molecule has 0 aliphatic heterocycles. The molecular weight excluding hydrogens is 509 g/mol. The largest absolute Gasteiger partial charge is 0.756 e. The number of unbranched alkanes of at least 4 members (excludes halogenated alkanes) is 12. The first-order valence-electron chi connectivity index (χ1n) is 14.7. The summed E-state index contributed by atoms with van der Waals surface area (Å²) in [5.41, 5.74) is 0. The summed E-state index contributed by atoms with van der Waals surface area (Å²) in [6.45, 7) is 4.08. The molecule has 0 aromatic heterocycles. The van der Waals surface area contributed by atoms with Crippen LogP contribution in [0, 0.1) is 0 Å². The Hall–Kier alpha value is -0.990. The third-order valence-electron chi connectivity index (χ3n) is 6.13. The van der Waals surface area contributed by atoms with Crippen molar-refractivity contribution in [3.05, 3.63) is 0 Å². The molecule has 38 heavy (non-hydrogen) atoms. The molecule has 1 unspecified atom stereocenters. The number of esters is 2. The van der Waals surface area contributed by atoms with Crippen molar-refractivity contribution in [1.29, 1.82) is 0 Å². The van der Waals surface area contributed by atoms with E-state index in [4.69, 9.17) is 18.5 Å². The Morgan fingerprint density at radius 2 is 1.18 bits per heavy atom. The van der Waals surface area contributed by atoms with Crippen LogP contribution in [0.15, 0.2) is 0 Å². The maximum atomic E-state index is 12.4. The fraction of sp³-hybridized carbons (Fsp3) is 0.929. The van der Waals surface area contributed by atoms with Crippen molar-refractivity contribution in [3.63, 3.8) is 0 Å². The van der Waals surface area contributed by atoms with E-state index in [1.54, 1.807) is 0 Å². The molecule has 0 rings (SSSR count). The molecule has 0 aromatic carbocycles. The first kappa shape index (κ1) is 37.0. The van der Waals surface area contributed by atoms with E-state index >= 15 is 0 Å². The minimum absolute atomic E-state index is 0.0274. The molecule has 0 radical (unpaired) electrons. The quantitative estimate of drug-likeness (QED) is 0.0549. The molecule has 10 heteroatoms. The highest BCUT2D eigenvalue weighted by Gasteiger charge is 2.21. The molecule has 0 spiro atoms. The lowest BCUT2D eigenvalue weighted by atomic mass is 10.1. The molecule has 0 aliphatic carbocycles. The lowest BCUT2D eigenvalue weighted by Gasteiger charge is -2.28. The van der Waals surface area contributed by atoms with Gasteiger partial charge in [0.15, 0.2) is 6.10 Å². The van der Waals surface area contributed by atoms with Crippen LogP contribution in [0.25, 0.3) is 0 Å². The maximum absolute atomic E-state index is 12.4. The summed E-state index contributed by atoms with van der Waals surface area (Å²) >= 11 is 0. The van der Waals surface area contributed by atoms with E-state index in [-0.39, 0.29) is 26.1 Å². The number of phosphoric ester groups is 1. The monoisotopic (exact) mass is 565 g/mol. The molecule has 0 bridgehead atoms. The van der Waals surface area contributed by atoms with Crippen molar-refractivity contribution in [2.45, 2.75) is 123 Å². The van der Waals surface area contributed by atoms with E-state index in [9.17, 15) is 19.0 Å². The smallest absolute Gasteiger partial charge is 0.306 e. The number of hydrogen-bond acceptors (Lipinski definition) is 8. The van der Waals surface area contributed by atoms with Crippen molar-refractivity contribution < 1.29 is 42.1 Å². The van der Waals surface area contributed by atoms with Gasteiger partial charge in [0, 0.05) is 12.8 Å². The average molecular weight is 566 g/mol. The topological polar surface area (TPSA) is 111 Å². The predicted octanol–water partition coefficient (Wildman–Crippen LogP) is 5.93. The number of phosphoric acid groups is 1. The SMILES string of the molecule is CCCCCCCCCC(=O)OC[C@H](COP(=O)([O-])OCC[N+](C)(C)C)OC(=O)CCCCCCCCC. The average Bonchev–Trinajstić information content (AvgIpc) is 2.83. The predicted molar refractivity (Wildman–Crippen MR) is 148 cm³/mol. The second kappa shape index (κ2) is 22.8. The molecule has 0 saturated carbocycles. The van der Waals surface area contributed by atoms with Gasteiger partial charge < -0.3 is 27.9 Å². The van der Waals surface area contributed by atoms with Crippen molar-refractivity contribution in [3.8, 4) is 0 Å². The number of ether oxygens (including phenoxy) is 2. The van der Waals surface area contributed by atoms with Gasteiger partial charge in [0.05, 0.1) is 27.7 Å². The van der Waals surface area contributed by atoms with Crippen molar-refractivity contribution in [2.24, 2.45) is 0 Å². The molecule has 0 saturated heterocycles. The Balaban J connectivity index is 4.58. The van der Waals surface area contributed by atoms with Gasteiger partial charge >= 0.3 is 11.9 Å². The Kier molecular flexibility index (Phi) is 22.2. The van der Waals surface area contributed by atoms with Crippen molar-refractivity contribution >= 4 is 19.8 Å². The van der Waals surface area contributed by atoms with Crippen LogP contribution in [0.3, 0.4) is 0 Å². The first-order valence-corrected chi connectivity index (χ1v) is 16.2. The van der Waals surface area contributed by atoms with Gasteiger partial charge in [-0.2, -0.15) is 0 Å². The molecular formula is C28H56NO8P. The molecule has 0 N–H and O–H groups in total. The Morgan fingerprint density at radius 1 is 0.711 bits per heavy atom. The lowest BCUT2D eigenvalue weighted by Crippen LogP contribution is -2.37.